The number of thioether (sulfide) groups is 1. The van der Waals surface area contributed by atoms with Crippen molar-refractivity contribution in [3.05, 3.63) is 50.6 Å². The number of hydrogen-bond donors (Lipinski definition) is 1. The van der Waals surface area contributed by atoms with Crippen molar-refractivity contribution >= 4 is 50.8 Å². The van der Waals surface area contributed by atoms with Crippen molar-refractivity contribution in [3.8, 4) is 0 Å². The molecule has 2 amide bonds. The van der Waals surface area contributed by atoms with Gasteiger partial charge in [-0.3, -0.25) is 19.0 Å². The van der Waals surface area contributed by atoms with Gasteiger partial charge >= 0.3 is 0 Å². The van der Waals surface area contributed by atoms with E-state index in [9.17, 15) is 14.4 Å². The van der Waals surface area contributed by atoms with Gasteiger partial charge in [-0.15, -0.1) is 11.3 Å². The normalized spacial score (nSPS) is 10.9. The molecule has 0 fully saturated rings. The van der Waals surface area contributed by atoms with Crippen LogP contribution in [0.5, 0.6) is 0 Å². The molecule has 9 heteroatoms. The second-order valence-corrected chi connectivity index (χ2v) is 8.98. The number of thiophene rings is 1. The molecule has 1 aromatic carbocycles. The number of carbonyl (C=O) groups excluding carboxylic acids is 2. The van der Waals surface area contributed by atoms with Gasteiger partial charge in [0.1, 0.15) is 4.83 Å². The minimum absolute atomic E-state index is 0.0964. The highest BCUT2D eigenvalue weighted by molar-refractivity contribution is 7.99. The van der Waals surface area contributed by atoms with Crippen molar-refractivity contribution in [1.82, 2.24) is 14.5 Å². The maximum absolute atomic E-state index is 12.6. The Balaban J connectivity index is 1.69. The molecule has 0 unspecified atom stereocenters. The van der Waals surface area contributed by atoms with Crippen LogP contribution in [-0.2, 0) is 11.8 Å². The van der Waals surface area contributed by atoms with Gasteiger partial charge in [0.2, 0.25) is 5.91 Å². The van der Waals surface area contributed by atoms with E-state index in [4.69, 9.17) is 0 Å². The number of carbonyl (C=O) groups is 2. The molecule has 29 heavy (non-hydrogen) atoms. The van der Waals surface area contributed by atoms with E-state index in [2.05, 4.69) is 10.3 Å². The molecule has 7 nitrogen and oxygen atoms in total. The summed E-state index contributed by atoms with van der Waals surface area (Å²) in [7, 11) is 5.04. The van der Waals surface area contributed by atoms with Gasteiger partial charge in [-0.05, 0) is 43.7 Å². The number of anilines is 1. The Hall–Kier alpha value is -2.65. The second kappa shape index (κ2) is 8.38. The van der Waals surface area contributed by atoms with Gasteiger partial charge in [-0.25, -0.2) is 4.98 Å². The first-order valence-corrected chi connectivity index (χ1v) is 10.7. The number of benzene rings is 1. The number of nitrogens with one attached hydrogen (secondary N) is 1. The van der Waals surface area contributed by atoms with E-state index in [1.807, 2.05) is 13.8 Å². The summed E-state index contributed by atoms with van der Waals surface area (Å²) >= 11 is 2.71. The Morgan fingerprint density at radius 2 is 1.86 bits per heavy atom. The molecule has 3 rings (SSSR count). The fraction of sp³-hybridized carbons (Fsp3) is 0.300. The van der Waals surface area contributed by atoms with Crippen molar-refractivity contribution in [1.29, 1.82) is 0 Å². The van der Waals surface area contributed by atoms with E-state index >= 15 is 0 Å². The number of fused-ring (bicyclic) bond motifs is 1. The van der Waals surface area contributed by atoms with Gasteiger partial charge in [-0.2, -0.15) is 0 Å². The van der Waals surface area contributed by atoms with Gasteiger partial charge < -0.3 is 10.2 Å². The minimum Gasteiger partial charge on any atom is -0.345 e. The van der Waals surface area contributed by atoms with Crippen LogP contribution in [0.15, 0.2) is 34.2 Å². The van der Waals surface area contributed by atoms with Crippen LogP contribution >= 0.6 is 23.1 Å². The van der Waals surface area contributed by atoms with Crippen LogP contribution in [0.1, 0.15) is 20.8 Å². The average Bonchev–Trinajstić information content (AvgIpc) is 2.97. The molecule has 0 saturated heterocycles. The average molecular weight is 431 g/mol. The predicted molar refractivity (Wildman–Crippen MR) is 118 cm³/mol. The van der Waals surface area contributed by atoms with E-state index in [1.165, 1.54) is 32.6 Å². The van der Waals surface area contributed by atoms with Gasteiger partial charge in [-0.1, -0.05) is 11.8 Å². The van der Waals surface area contributed by atoms with Crippen molar-refractivity contribution in [2.75, 3.05) is 25.2 Å². The highest BCUT2D eigenvalue weighted by atomic mass is 32.2. The van der Waals surface area contributed by atoms with E-state index in [0.717, 1.165) is 10.4 Å². The van der Waals surface area contributed by atoms with Gasteiger partial charge in [0.15, 0.2) is 5.16 Å². The molecule has 1 N–H and O–H groups in total. The van der Waals surface area contributed by atoms with Crippen LogP contribution in [0.2, 0.25) is 0 Å². The highest BCUT2D eigenvalue weighted by Gasteiger charge is 2.16. The molecule has 0 saturated carbocycles. The fourth-order valence-corrected chi connectivity index (χ4v) is 4.61. The summed E-state index contributed by atoms with van der Waals surface area (Å²) in [5, 5.41) is 3.95. The molecule has 0 aliphatic rings. The molecule has 0 atom stereocenters. The molecular formula is C20H22N4O3S2. The molecule has 0 aliphatic heterocycles. The van der Waals surface area contributed by atoms with Crippen LogP contribution in [0, 0.1) is 13.8 Å². The predicted octanol–water partition coefficient (Wildman–Crippen LogP) is 3.04. The third-order valence-corrected chi connectivity index (χ3v) is 6.65. The Kier molecular flexibility index (Phi) is 6.09. The van der Waals surface area contributed by atoms with Crippen molar-refractivity contribution < 1.29 is 9.59 Å². The lowest BCUT2D eigenvalue weighted by atomic mass is 10.2. The summed E-state index contributed by atoms with van der Waals surface area (Å²) in [6, 6.07) is 6.73. The van der Waals surface area contributed by atoms with E-state index in [0.29, 0.717) is 26.6 Å². The Labute approximate surface area is 176 Å². The number of aromatic nitrogens is 2. The lowest BCUT2D eigenvalue weighted by Crippen LogP contribution is -2.22. The first-order chi connectivity index (χ1) is 13.7. The number of rotatable bonds is 5. The van der Waals surface area contributed by atoms with Crippen LogP contribution in [0.25, 0.3) is 10.2 Å². The summed E-state index contributed by atoms with van der Waals surface area (Å²) in [4.78, 5) is 44.7. The standard InChI is InChI=1S/C20H22N4O3S2/c1-11-12(2)29-17-16(11)19(27)24(5)20(22-17)28-10-15(25)21-14-8-6-13(7-9-14)18(26)23(3)4/h6-9H,10H2,1-5H3,(H,21,25). The van der Waals surface area contributed by atoms with E-state index < -0.39 is 0 Å². The Morgan fingerprint density at radius 1 is 1.21 bits per heavy atom. The van der Waals surface area contributed by atoms with Gasteiger partial charge in [0.25, 0.3) is 11.5 Å². The fourth-order valence-electron chi connectivity index (χ4n) is 2.77. The monoisotopic (exact) mass is 430 g/mol. The number of hydrogen-bond acceptors (Lipinski definition) is 6. The molecule has 3 aromatic rings. The first kappa shape index (κ1) is 21.1. The Bertz CT molecular complexity index is 1150. The number of aryl methyl sites for hydroxylation is 2. The molecule has 0 spiro atoms. The molecule has 0 bridgehead atoms. The summed E-state index contributed by atoms with van der Waals surface area (Å²) in [5.41, 5.74) is 2.02. The quantitative estimate of drug-likeness (QED) is 0.497. The largest absolute Gasteiger partial charge is 0.345 e. The number of nitrogens with zero attached hydrogens (tertiary/aromatic N) is 3. The van der Waals surface area contributed by atoms with Crippen molar-refractivity contribution in [3.63, 3.8) is 0 Å². The third kappa shape index (κ3) is 4.35. The third-order valence-electron chi connectivity index (χ3n) is 4.52. The zero-order valence-electron chi connectivity index (χ0n) is 16.9. The van der Waals surface area contributed by atoms with Crippen LogP contribution in [-0.4, -0.2) is 46.1 Å². The SMILES string of the molecule is Cc1sc2nc(SCC(=O)Nc3ccc(C(=O)N(C)C)cc3)n(C)c(=O)c2c1C. The zero-order valence-corrected chi connectivity index (χ0v) is 18.5. The van der Waals surface area contributed by atoms with E-state index in [-0.39, 0.29) is 23.1 Å². The smallest absolute Gasteiger partial charge is 0.262 e. The molecule has 2 aromatic heterocycles. The minimum atomic E-state index is -0.213. The maximum Gasteiger partial charge on any atom is 0.262 e. The maximum atomic E-state index is 12.6. The highest BCUT2D eigenvalue weighted by Crippen LogP contribution is 2.28. The lowest BCUT2D eigenvalue weighted by Gasteiger charge is -2.11. The molecule has 152 valence electrons. The summed E-state index contributed by atoms with van der Waals surface area (Å²) < 4.78 is 1.49. The molecule has 2 heterocycles. The lowest BCUT2D eigenvalue weighted by molar-refractivity contribution is -0.113. The molecular weight excluding hydrogens is 408 g/mol. The van der Waals surface area contributed by atoms with Crippen LogP contribution in [0.3, 0.4) is 0 Å². The van der Waals surface area contributed by atoms with Crippen LogP contribution < -0.4 is 10.9 Å². The van der Waals surface area contributed by atoms with E-state index in [1.54, 1.807) is 45.4 Å². The van der Waals surface area contributed by atoms with Gasteiger partial charge in [0.05, 0.1) is 11.1 Å². The topological polar surface area (TPSA) is 84.3 Å². The summed E-state index contributed by atoms with van der Waals surface area (Å²) in [5.74, 6) is -0.192. The zero-order chi connectivity index (χ0) is 21.3. The first-order valence-electron chi connectivity index (χ1n) is 8.90. The molecule has 0 aliphatic carbocycles. The second-order valence-electron chi connectivity index (χ2n) is 6.84. The van der Waals surface area contributed by atoms with Crippen molar-refractivity contribution in [2.45, 2.75) is 19.0 Å². The van der Waals surface area contributed by atoms with Crippen LogP contribution in [0.4, 0.5) is 5.69 Å². The van der Waals surface area contributed by atoms with Crippen molar-refractivity contribution in [2.24, 2.45) is 7.05 Å². The van der Waals surface area contributed by atoms with Gasteiger partial charge in [0, 0.05) is 37.3 Å². The summed E-state index contributed by atoms with van der Waals surface area (Å²) in [6.45, 7) is 3.90. The molecule has 0 radical (unpaired) electrons. The number of amides is 2. The Morgan fingerprint density at radius 3 is 2.48 bits per heavy atom. The summed E-state index contributed by atoms with van der Waals surface area (Å²) in [6.07, 6.45) is 0.